The Bertz CT molecular complexity index is 406. The minimum Gasteiger partial charge on any atom is -0.369 e. The largest absolute Gasteiger partial charge is 0.369 e. The molecule has 0 amide bonds. The third kappa shape index (κ3) is 4.62. The lowest BCUT2D eigenvalue weighted by atomic mass is 10.0. The SMILES string of the molecule is CCCNc1ncnc(NCC(C)(C)N(C)C)c1Br. The summed E-state index contributed by atoms with van der Waals surface area (Å²) in [6.07, 6.45) is 2.64. The normalized spacial score (nSPS) is 11.7. The van der Waals surface area contributed by atoms with Crippen molar-refractivity contribution in [3.8, 4) is 0 Å². The van der Waals surface area contributed by atoms with Gasteiger partial charge in [0.05, 0.1) is 0 Å². The summed E-state index contributed by atoms with van der Waals surface area (Å²) in [6.45, 7) is 8.21. The molecule has 0 atom stereocenters. The first kappa shape index (κ1) is 16.2. The Balaban J connectivity index is 2.74. The van der Waals surface area contributed by atoms with E-state index in [0.29, 0.717) is 0 Å². The van der Waals surface area contributed by atoms with Gasteiger partial charge in [-0.15, -0.1) is 0 Å². The number of nitrogens with zero attached hydrogens (tertiary/aromatic N) is 3. The highest BCUT2D eigenvalue weighted by Crippen LogP contribution is 2.27. The van der Waals surface area contributed by atoms with E-state index in [1.807, 2.05) is 0 Å². The highest BCUT2D eigenvalue weighted by atomic mass is 79.9. The molecule has 1 rings (SSSR count). The lowest BCUT2D eigenvalue weighted by Gasteiger charge is -2.33. The van der Waals surface area contributed by atoms with Crippen LogP contribution in [0.5, 0.6) is 0 Å². The van der Waals surface area contributed by atoms with Crippen LogP contribution in [-0.4, -0.2) is 47.6 Å². The van der Waals surface area contributed by atoms with E-state index in [4.69, 9.17) is 0 Å². The van der Waals surface area contributed by atoms with Crippen LogP contribution in [0.1, 0.15) is 27.2 Å². The molecule has 0 unspecified atom stereocenters. The number of hydrogen-bond donors (Lipinski definition) is 2. The first-order chi connectivity index (χ1) is 8.88. The molecule has 0 aliphatic carbocycles. The van der Waals surface area contributed by atoms with Crippen LogP contribution in [0.15, 0.2) is 10.8 Å². The predicted molar refractivity (Wildman–Crippen MR) is 84.8 cm³/mol. The van der Waals surface area contributed by atoms with Crippen LogP contribution >= 0.6 is 15.9 Å². The maximum atomic E-state index is 4.28. The molecule has 108 valence electrons. The van der Waals surface area contributed by atoms with Gasteiger partial charge in [-0.25, -0.2) is 9.97 Å². The van der Waals surface area contributed by atoms with Crippen molar-refractivity contribution >= 4 is 27.6 Å². The van der Waals surface area contributed by atoms with Crippen LogP contribution in [0.2, 0.25) is 0 Å². The molecule has 1 heterocycles. The van der Waals surface area contributed by atoms with Crippen molar-refractivity contribution in [2.75, 3.05) is 37.8 Å². The average Bonchev–Trinajstić information content (AvgIpc) is 2.36. The van der Waals surface area contributed by atoms with Gasteiger partial charge in [0.1, 0.15) is 22.4 Å². The molecule has 1 aromatic rings. The van der Waals surface area contributed by atoms with E-state index in [2.05, 4.69) is 76.3 Å². The summed E-state index contributed by atoms with van der Waals surface area (Å²) in [6, 6.07) is 0. The minimum absolute atomic E-state index is 0.0569. The zero-order valence-electron chi connectivity index (χ0n) is 12.4. The topological polar surface area (TPSA) is 53.1 Å². The predicted octanol–water partition coefficient (Wildman–Crippen LogP) is 2.81. The quantitative estimate of drug-likeness (QED) is 0.805. The summed E-state index contributed by atoms with van der Waals surface area (Å²) in [5.41, 5.74) is 0.0569. The number of nitrogens with one attached hydrogen (secondary N) is 2. The fourth-order valence-electron chi connectivity index (χ4n) is 1.32. The first-order valence-electron chi connectivity index (χ1n) is 6.54. The maximum Gasteiger partial charge on any atom is 0.146 e. The van der Waals surface area contributed by atoms with Crippen LogP contribution in [0.3, 0.4) is 0 Å². The summed E-state index contributed by atoms with van der Waals surface area (Å²) in [7, 11) is 4.15. The summed E-state index contributed by atoms with van der Waals surface area (Å²) in [4.78, 5) is 10.7. The van der Waals surface area contributed by atoms with Crippen LogP contribution < -0.4 is 10.6 Å². The summed E-state index contributed by atoms with van der Waals surface area (Å²) >= 11 is 3.55. The van der Waals surface area contributed by atoms with Crippen LogP contribution in [0.25, 0.3) is 0 Å². The molecule has 0 saturated heterocycles. The molecule has 0 aliphatic heterocycles. The van der Waals surface area contributed by atoms with E-state index >= 15 is 0 Å². The molecule has 19 heavy (non-hydrogen) atoms. The van der Waals surface area contributed by atoms with Gasteiger partial charge in [-0.2, -0.15) is 0 Å². The van der Waals surface area contributed by atoms with Gasteiger partial charge < -0.3 is 15.5 Å². The van der Waals surface area contributed by atoms with Gasteiger partial charge in [-0.3, -0.25) is 0 Å². The smallest absolute Gasteiger partial charge is 0.146 e. The average molecular weight is 330 g/mol. The molecule has 0 saturated carbocycles. The summed E-state index contributed by atoms with van der Waals surface area (Å²) in [5.74, 6) is 1.66. The van der Waals surface area contributed by atoms with Gasteiger partial charge in [0.25, 0.3) is 0 Å². The molecule has 0 bridgehead atoms. The van der Waals surface area contributed by atoms with E-state index in [0.717, 1.165) is 35.6 Å². The zero-order valence-corrected chi connectivity index (χ0v) is 14.0. The fraction of sp³-hybridized carbons (Fsp3) is 0.692. The number of hydrogen-bond acceptors (Lipinski definition) is 5. The van der Waals surface area contributed by atoms with E-state index in [-0.39, 0.29) is 5.54 Å². The Morgan fingerprint density at radius 3 is 2.32 bits per heavy atom. The lowest BCUT2D eigenvalue weighted by Crippen LogP contribution is -2.44. The van der Waals surface area contributed by atoms with Crippen molar-refractivity contribution in [2.24, 2.45) is 0 Å². The van der Waals surface area contributed by atoms with Crippen molar-refractivity contribution in [1.29, 1.82) is 0 Å². The molecule has 0 aromatic carbocycles. The second-order valence-electron chi connectivity index (χ2n) is 5.37. The van der Waals surface area contributed by atoms with E-state index in [1.54, 1.807) is 6.33 Å². The number of likely N-dealkylation sites (N-methyl/N-ethyl adjacent to an activating group) is 1. The Morgan fingerprint density at radius 1 is 1.21 bits per heavy atom. The van der Waals surface area contributed by atoms with E-state index < -0.39 is 0 Å². The van der Waals surface area contributed by atoms with Crippen molar-refractivity contribution in [3.63, 3.8) is 0 Å². The van der Waals surface area contributed by atoms with Crippen LogP contribution in [0, 0.1) is 0 Å². The Kier molecular flexibility index (Phi) is 6.00. The molecular weight excluding hydrogens is 306 g/mol. The maximum absolute atomic E-state index is 4.28. The van der Waals surface area contributed by atoms with E-state index in [1.165, 1.54) is 0 Å². The molecule has 0 aliphatic rings. The Labute approximate surface area is 124 Å². The molecule has 1 aromatic heterocycles. The molecule has 5 nitrogen and oxygen atoms in total. The van der Waals surface area contributed by atoms with Gasteiger partial charge in [-0.1, -0.05) is 6.92 Å². The number of anilines is 2. The third-order valence-electron chi connectivity index (χ3n) is 3.23. The fourth-order valence-corrected chi connectivity index (χ4v) is 1.80. The number of rotatable bonds is 7. The Hall–Kier alpha value is -0.880. The summed E-state index contributed by atoms with van der Waals surface area (Å²) in [5, 5.41) is 6.65. The van der Waals surface area contributed by atoms with Gasteiger partial charge in [0.15, 0.2) is 0 Å². The van der Waals surface area contributed by atoms with Crippen molar-refractivity contribution in [1.82, 2.24) is 14.9 Å². The molecule has 0 spiro atoms. The zero-order chi connectivity index (χ0) is 14.5. The highest BCUT2D eigenvalue weighted by molar-refractivity contribution is 9.10. The minimum atomic E-state index is 0.0569. The third-order valence-corrected chi connectivity index (χ3v) is 3.98. The first-order valence-corrected chi connectivity index (χ1v) is 7.33. The monoisotopic (exact) mass is 329 g/mol. The molecule has 2 N–H and O–H groups in total. The standard InChI is InChI=1S/C13H24BrN5/c1-6-7-15-11-10(14)12(18-9-17-11)16-8-13(2,3)19(4)5/h9H,6-8H2,1-5H3,(H2,15,16,17,18). The number of aromatic nitrogens is 2. The lowest BCUT2D eigenvalue weighted by molar-refractivity contribution is 0.210. The van der Waals surface area contributed by atoms with Crippen molar-refractivity contribution < 1.29 is 0 Å². The van der Waals surface area contributed by atoms with Gasteiger partial charge >= 0.3 is 0 Å². The van der Waals surface area contributed by atoms with Crippen LogP contribution in [0.4, 0.5) is 11.6 Å². The van der Waals surface area contributed by atoms with Gasteiger partial charge in [0, 0.05) is 18.6 Å². The second kappa shape index (κ2) is 7.05. The molecular formula is C13H24BrN5. The van der Waals surface area contributed by atoms with E-state index in [9.17, 15) is 0 Å². The van der Waals surface area contributed by atoms with Gasteiger partial charge in [-0.05, 0) is 50.3 Å². The molecule has 0 radical (unpaired) electrons. The van der Waals surface area contributed by atoms with Crippen LogP contribution in [-0.2, 0) is 0 Å². The second-order valence-corrected chi connectivity index (χ2v) is 6.17. The number of halogens is 1. The highest BCUT2D eigenvalue weighted by Gasteiger charge is 2.21. The molecule has 6 heteroatoms. The van der Waals surface area contributed by atoms with Gasteiger partial charge in [0.2, 0.25) is 0 Å². The van der Waals surface area contributed by atoms with Crippen molar-refractivity contribution in [3.05, 3.63) is 10.8 Å². The molecule has 0 fully saturated rings. The summed E-state index contributed by atoms with van der Waals surface area (Å²) < 4.78 is 0.887. The Morgan fingerprint density at radius 2 is 1.79 bits per heavy atom. The van der Waals surface area contributed by atoms with Crippen molar-refractivity contribution in [2.45, 2.75) is 32.7 Å².